The first-order chi connectivity index (χ1) is 8.38. The molecule has 0 saturated heterocycles. The van der Waals surface area contributed by atoms with Crippen LogP contribution in [0.1, 0.15) is 17.3 Å². The van der Waals surface area contributed by atoms with Crippen molar-refractivity contribution in [3.63, 3.8) is 0 Å². The molecular weight excluding hydrogens is 281 g/mol. The molecule has 0 bridgehead atoms. The van der Waals surface area contributed by atoms with Crippen LogP contribution in [-0.2, 0) is 9.53 Å². The van der Waals surface area contributed by atoms with Crippen LogP contribution in [0, 0.1) is 0 Å². The SMILES string of the molecule is COC(C)C(=O)Nc1c(Cl)ccc(Cl)c1C(=O)O. The number of rotatable bonds is 4. The topological polar surface area (TPSA) is 75.6 Å². The molecule has 0 saturated carbocycles. The number of hydrogen-bond acceptors (Lipinski definition) is 3. The molecule has 1 atom stereocenters. The van der Waals surface area contributed by atoms with Gasteiger partial charge in [-0.05, 0) is 19.1 Å². The van der Waals surface area contributed by atoms with Crippen LogP contribution in [0.5, 0.6) is 0 Å². The molecule has 0 aliphatic carbocycles. The van der Waals surface area contributed by atoms with E-state index in [2.05, 4.69) is 5.32 Å². The molecule has 0 radical (unpaired) electrons. The van der Waals surface area contributed by atoms with Crippen LogP contribution in [0.4, 0.5) is 5.69 Å². The van der Waals surface area contributed by atoms with Crippen LogP contribution in [0.15, 0.2) is 12.1 Å². The number of amides is 1. The highest BCUT2D eigenvalue weighted by Crippen LogP contribution is 2.32. The fraction of sp³-hybridized carbons (Fsp3) is 0.273. The van der Waals surface area contributed by atoms with Gasteiger partial charge < -0.3 is 15.2 Å². The molecule has 0 aliphatic rings. The minimum atomic E-state index is -1.28. The number of aromatic carboxylic acids is 1. The van der Waals surface area contributed by atoms with E-state index in [-0.39, 0.29) is 21.3 Å². The van der Waals surface area contributed by atoms with Gasteiger partial charge in [-0.3, -0.25) is 4.79 Å². The third kappa shape index (κ3) is 3.13. The minimum Gasteiger partial charge on any atom is -0.478 e. The van der Waals surface area contributed by atoms with Gasteiger partial charge in [0, 0.05) is 7.11 Å². The zero-order valence-corrected chi connectivity index (χ0v) is 11.2. The zero-order valence-electron chi connectivity index (χ0n) is 9.66. The van der Waals surface area contributed by atoms with Crippen LogP contribution >= 0.6 is 23.2 Å². The maximum Gasteiger partial charge on any atom is 0.339 e. The fourth-order valence-corrected chi connectivity index (χ4v) is 1.66. The highest BCUT2D eigenvalue weighted by atomic mass is 35.5. The molecule has 1 amide bonds. The number of halogens is 2. The summed E-state index contributed by atoms with van der Waals surface area (Å²) in [6, 6.07) is 2.76. The Morgan fingerprint density at radius 1 is 1.33 bits per heavy atom. The van der Waals surface area contributed by atoms with Crippen molar-refractivity contribution in [3.8, 4) is 0 Å². The normalized spacial score (nSPS) is 12.0. The highest BCUT2D eigenvalue weighted by molar-refractivity contribution is 6.38. The molecule has 5 nitrogen and oxygen atoms in total. The van der Waals surface area contributed by atoms with Crippen molar-refractivity contribution >= 4 is 40.8 Å². The van der Waals surface area contributed by atoms with Crippen LogP contribution in [0.2, 0.25) is 10.0 Å². The number of methoxy groups -OCH3 is 1. The summed E-state index contributed by atoms with van der Waals surface area (Å²) in [5.74, 6) is -1.79. The fourth-order valence-electron chi connectivity index (χ4n) is 1.21. The van der Waals surface area contributed by atoms with Crippen molar-refractivity contribution < 1.29 is 19.4 Å². The average molecular weight is 292 g/mol. The number of anilines is 1. The maximum atomic E-state index is 11.7. The van der Waals surface area contributed by atoms with Gasteiger partial charge in [0.05, 0.1) is 15.7 Å². The monoisotopic (exact) mass is 291 g/mol. The number of ether oxygens (including phenoxy) is 1. The summed E-state index contributed by atoms with van der Waals surface area (Å²) >= 11 is 11.6. The molecule has 1 rings (SSSR count). The van der Waals surface area contributed by atoms with E-state index in [0.29, 0.717) is 0 Å². The minimum absolute atomic E-state index is 0.00716. The van der Waals surface area contributed by atoms with Gasteiger partial charge in [0.25, 0.3) is 5.91 Å². The van der Waals surface area contributed by atoms with Crippen molar-refractivity contribution in [2.24, 2.45) is 0 Å². The lowest BCUT2D eigenvalue weighted by atomic mass is 10.1. The van der Waals surface area contributed by atoms with Crippen molar-refractivity contribution in [3.05, 3.63) is 27.7 Å². The van der Waals surface area contributed by atoms with E-state index >= 15 is 0 Å². The third-order valence-electron chi connectivity index (χ3n) is 2.29. The first kappa shape index (κ1) is 14.8. The van der Waals surface area contributed by atoms with E-state index in [0.717, 1.165) is 0 Å². The standard InChI is InChI=1S/C11H11Cl2NO4/c1-5(18-2)10(15)14-9-7(13)4-3-6(12)8(9)11(16)17/h3-5H,1-2H3,(H,14,15)(H,16,17). The van der Waals surface area contributed by atoms with Gasteiger partial charge in [-0.15, -0.1) is 0 Å². The van der Waals surface area contributed by atoms with Crippen LogP contribution < -0.4 is 5.32 Å². The molecule has 98 valence electrons. The molecule has 1 unspecified atom stereocenters. The molecular formula is C11H11Cl2NO4. The Hall–Kier alpha value is -1.30. The maximum absolute atomic E-state index is 11.7. The van der Waals surface area contributed by atoms with Crippen molar-refractivity contribution in [1.82, 2.24) is 0 Å². The molecule has 0 aromatic heterocycles. The number of carbonyl (C=O) groups is 2. The van der Waals surface area contributed by atoms with Crippen molar-refractivity contribution in [1.29, 1.82) is 0 Å². The molecule has 18 heavy (non-hydrogen) atoms. The Morgan fingerprint density at radius 2 is 1.89 bits per heavy atom. The Labute approximate surface area is 114 Å². The Kier molecular flexibility index (Phi) is 4.95. The molecule has 2 N–H and O–H groups in total. The predicted molar refractivity (Wildman–Crippen MR) is 68.5 cm³/mol. The van der Waals surface area contributed by atoms with Gasteiger partial charge in [-0.1, -0.05) is 23.2 Å². The molecule has 7 heteroatoms. The van der Waals surface area contributed by atoms with Gasteiger partial charge in [0.15, 0.2) is 0 Å². The number of nitrogens with one attached hydrogen (secondary N) is 1. The summed E-state index contributed by atoms with van der Waals surface area (Å²) in [5.41, 5.74) is -0.286. The Bertz CT molecular complexity index is 490. The summed E-state index contributed by atoms with van der Waals surface area (Å²) in [5, 5.41) is 11.5. The summed E-state index contributed by atoms with van der Waals surface area (Å²) in [4.78, 5) is 22.7. The number of hydrogen-bond donors (Lipinski definition) is 2. The Morgan fingerprint density at radius 3 is 2.39 bits per heavy atom. The third-order valence-corrected chi connectivity index (χ3v) is 2.92. The molecule has 0 heterocycles. The summed E-state index contributed by atoms with van der Waals surface area (Å²) < 4.78 is 4.82. The number of carboxylic acids is 1. The van der Waals surface area contributed by atoms with E-state index in [9.17, 15) is 9.59 Å². The van der Waals surface area contributed by atoms with Gasteiger partial charge in [-0.2, -0.15) is 0 Å². The largest absolute Gasteiger partial charge is 0.478 e. The van der Waals surface area contributed by atoms with E-state index in [1.54, 1.807) is 0 Å². The molecule has 0 spiro atoms. The lowest BCUT2D eigenvalue weighted by Crippen LogP contribution is -2.27. The van der Waals surface area contributed by atoms with Crippen LogP contribution in [0.25, 0.3) is 0 Å². The van der Waals surface area contributed by atoms with E-state index in [1.165, 1.54) is 26.2 Å². The van der Waals surface area contributed by atoms with Crippen LogP contribution in [0.3, 0.4) is 0 Å². The van der Waals surface area contributed by atoms with Crippen molar-refractivity contribution in [2.45, 2.75) is 13.0 Å². The van der Waals surface area contributed by atoms with Crippen LogP contribution in [-0.4, -0.2) is 30.2 Å². The lowest BCUT2D eigenvalue weighted by molar-refractivity contribution is -0.124. The second-order valence-electron chi connectivity index (χ2n) is 3.45. The summed E-state index contributed by atoms with van der Waals surface area (Å²) in [6.45, 7) is 1.52. The predicted octanol–water partition coefficient (Wildman–Crippen LogP) is 2.67. The second-order valence-corrected chi connectivity index (χ2v) is 4.27. The Balaban J connectivity index is 3.19. The van der Waals surface area contributed by atoms with Gasteiger partial charge in [0.2, 0.25) is 0 Å². The smallest absolute Gasteiger partial charge is 0.339 e. The second kappa shape index (κ2) is 6.04. The zero-order chi connectivity index (χ0) is 13.9. The van der Waals surface area contributed by atoms with Gasteiger partial charge >= 0.3 is 5.97 Å². The molecule has 1 aromatic rings. The first-order valence-electron chi connectivity index (χ1n) is 4.93. The van der Waals surface area contributed by atoms with E-state index in [1.807, 2.05) is 0 Å². The number of benzene rings is 1. The molecule has 0 aliphatic heterocycles. The quantitative estimate of drug-likeness (QED) is 0.894. The number of carbonyl (C=O) groups excluding carboxylic acids is 1. The molecule has 0 fully saturated rings. The van der Waals surface area contributed by atoms with E-state index in [4.69, 9.17) is 33.0 Å². The van der Waals surface area contributed by atoms with Crippen molar-refractivity contribution in [2.75, 3.05) is 12.4 Å². The van der Waals surface area contributed by atoms with E-state index < -0.39 is 18.0 Å². The highest BCUT2D eigenvalue weighted by Gasteiger charge is 2.21. The average Bonchev–Trinajstić information content (AvgIpc) is 2.32. The van der Waals surface area contributed by atoms with Gasteiger partial charge in [0.1, 0.15) is 11.7 Å². The lowest BCUT2D eigenvalue weighted by Gasteiger charge is -2.14. The molecule has 1 aromatic carbocycles. The first-order valence-corrected chi connectivity index (χ1v) is 5.69. The van der Waals surface area contributed by atoms with Gasteiger partial charge in [-0.25, -0.2) is 4.79 Å². The number of carboxylic acid groups (broad SMARTS) is 1. The summed E-state index contributed by atoms with van der Waals surface area (Å²) in [6.07, 6.45) is -0.735. The summed E-state index contributed by atoms with van der Waals surface area (Å²) in [7, 11) is 1.36.